The van der Waals surface area contributed by atoms with Gasteiger partial charge < -0.3 is 14.8 Å². The Balaban J connectivity index is 1.50. The number of nitrogens with one attached hydrogen (secondary N) is 1. The van der Waals surface area contributed by atoms with E-state index in [9.17, 15) is 14.0 Å². The first kappa shape index (κ1) is 21.6. The molecule has 0 radical (unpaired) electrons. The maximum absolute atomic E-state index is 13.4. The lowest BCUT2D eigenvalue weighted by atomic mass is 9.80. The topological polar surface area (TPSA) is 64.6 Å². The van der Waals surface area contributed by atoms with Gasteiger partial charge in [0.2, 0.25) is 0 Å². The number of methoxy groups -OCH3 is 1. The molecule has 3 aromatic carbocycles. The fourth-order valence-electron chi connectivity index (χ4n) is 4.59. The van der Waals surface area contributed by atoms with Gasteiger partial charge in [0.05, 0.1) is 18.4 Å². The van der Waals surface area contributed by atoms with Gasteiger partial charge in [-0.15, -0.1) is 0 Å². The molecule has 6 heteroatoms. The van der Waals surface area contributed by atoms with Crippen molar-refractivity contribution in [2.75, 3.05) is 7.11 Å². The summed E-state index contributed by atoms with van der Waals surface area (Å²) in [6.45, 7) is 2.03. The first-order valence-electron chi connectivity index (χ1n) is 10.9. The summed E-state index contributed by atoms with van der Waals surface area (Å²) >= 11 is 0. The van der Waals surface area contributed by atoms with Crippen molar-refractivity contribution >= 4 is 17.4 Å². The number of allylic oxidation sites excluding steroid dienone is 2. The average molecular weight is 455 g/mol. The van der Waals surface area contributed by atoms with Crippen LogP contribution in [0.2, 0.25) is 0 Å². The van der Waals surface area contributed by atoms with E-state index in [-0.39, 0.29) is 18.2 Å². The number of dihydropyridines is 1. The van der Waals surface area contributed by atoms with E-state index in [1.807, 2.05) is 37.3 Å². The number of hydrogen-bond acceptors (Lipinski definition) is 5. The van der Waals surface area contributed by atoms with E-state index in [4.69, 9.17) is 9.47 Å². The van der Waals surface area contributed by atoms with E-state index >= 15 is 0 Å². The second-order valence-electron chi connectivity index (χ2n) is 8.24. The van der Waals surface area contributed by atoms with Crippen LogP contribution in [0.25, 0.3) is 5.70 Å². The molecule has 5 rings (SSSR count). The van der Waals surface area contributed by atoms with Crippen LogP contribution in [0.4, 0.5) is 4.39 Å². The third kappa shape index (κ3) is 3.67. The average Bonchev–Trinajstić information content (AvgIpc) is 3.13. The summed E-state index contributed by atoms with van der Waals surface area (Å²) in [5.41, 5.74) is 5.22. The van der Waals surface area contributed by atoms with Crippen molar-refractivity contribution < 1.29 is 23.5 Å². The number of esters is 1. The number of benzene rings is 3. The molecule has 0 unspecified atom stereocenters. The zero-order chi connectivity index (χ0) is 23.8. The molecule has 1 aliphatic carbocycles. The summed E-state index contributed by atoms with van der Waals surface area (Å²) < 4.78 is 24.3. The lowest BCUT2D eigenvalue weighted by molar-refractivity contribution is -0.136. The largest absolute Gasteiger partial charge is 0.489 e. The number of carbonyl (C=O) groups is 2. The normalized spacial score (nSPS) is 16.7. The highest BCUT2D eigenvalue weighted by Gasteiger charge is 2.42. The van der Waals surface area contributed by atoms with Crippen LogP contribution in [0, 0.1) is 5.82 Å². The number of ketones is 1. The number of halogens is 1. The maximum atomic E-state index is 13.4. The second-order valence-corrected chi connectivity index (χ2v) is 8.24. The number of ether oxygens (including phenoxy) is 2. The minimum atomic E-state index is -0.583. The summed E-state index contributed by atoms with van der Waals surface area (Å²) in [5, 5.41) is 3.27. The number of hydrogen-bond donors (Lipinski definition) is 1. The molecule has 34 heavy (non-hydrogen) atoms. The van der Waals surface area contributed by atoms with Gasteiger partial charge >= 0.3 is 5.97 Å². The van der Waals surface area contributed by atoms with Crippen LogP contribution in [0.3, 0.4) is 0 Å². The molecule has 0 saturated carbocycles. The quantitative estimate of drug-likeness (QED) is 0.540. The molecule has 0 bridgehead atoms. The van der Waals surface area contributed by atoms with E-state index in [0.717, 1.165) is 22.4 Å². The summed E-state index contributed by atoms with van der Waals surface area (Å²) in [6.07, 6.45) is 0. The Hall–Kier alpha value is -4.19. The monoisotopic (exact) mass is 455 g/mol. The molecule has 0 aromatic heterocycles. The third-order valence-electron chi connectivity index (χ3n) is 6.16. The number of carbonyl (C=O) groups excluding carboxylic acids is 2. The standard InChI is InChI=1S/C28H22FNO4/c1-16-23(28(32)33-2)24(25-26(30-16)21-8-3-4-9-22(21)27(25)31)18-10-12-20(13-11-18)34-15-17-6-5-7-19(29)14-17/h3-14,24,30H,15H2,1-2H3/t24-/m1/s1. The van der Waals surface area contributed by atoms with Gasteiger partial charge in [0.25, 0.3) is 0 Å². The lowest BCUT2D eigenvalue weighted by Crippen LogP contribution is -2.29. The van der Waals surface area contributed by atoms with Gasteiger partial charge in [0.1, 0.15) is 18.2 Å². The predicted molar refractivity (Wildman–Crippen MR) is 125 cm³/mol. The van der Waals surface area contributed by atoms with Crippen molar-refractivity contribution in [1.82, 2.24) is 5.32 Å². The molecule has 0 spiro atoms. The predicted octanol–water partition coefficient (Wildman–Crippen LogP) is 5.15. The van der Waals surface area contributed by atoms with Crippen LogP contribution in [-0.2, 0) is 16.1 Å². The molecular formula is C28H22FNO4. The third-order valence-corrected chi connectivity index (χ3v) is 6.16. The van der Waals surface area contributed by atoms with Gasteiger partial charge in [0.15, 0.2) is 5.78 Å². The Morgan fingerprint density at radius 1 is 1.00 bits per heavy atom. The molecule has 1 atom stereocenters. The Morgan fingerprint density at radius 3 is 2.44 bits per heavy atom. The van der Waals surface area contributed by atoms with Crippen LogP contribution >= 0.6 is 0 Å². The highest BCUT2D eigenvalue weighted by Crippen LogP contribution is 2.46. The Labute approximate surface area is 196 Å². The van der Waals surface area contributed by atoms with Gasteiger partial charge in [-0.25, -0.2) is 9.18 Å². The van der Waals surface area contributed by atoms with Crippen LogP contribution in [0.5, 0.6) is 5.75 Å². The zero-order valence-corrected chi connectivity index (χ0v) is 18.7. The first-order chi connectivity index (χ1) is 16.5. The van der Waals surface area contributed by atoms with E-state index in [1.165, 1.54) is 19.2 Å². The van der Waals surface area contributed by atoms with E-state index in [1.54, 1.807) is 30.3 Å². The Bertz CT molecular complexity index is 1370. The van der Waals surface area contributed by atoms with Crippen molar-refractivity contribution in [3.8, 4) is 5.75 Å². The fraction of sp³-hybridized carbons (Fsp3) is 0.143. The maximum Gasteiger partial charge on any atom is 0.336 e. The molecular weight excluding hydrogens is 433 g/mol. The first-order valence-corrected chi connectivity index (χ1v) is 10.9. The minimum absolute atomic E-state index is 0.108. The summed E-state index contributed by atoms with van der Waals surface area (Å²) in [4.78, 5) is 26.2. The van der Waals surface area contributed by atoms with E-state index in [0.29, 0.717) is 28.2 Å². The molecule has 1 heterocycles. The van der Waals surface area contributed by atoms with Crippen molar-refractivity contribution in [1.29, 1.82) is 0 Å². The smallest absolute Gasteiger partial charge is 0.336 e. The molecule has 1 aliphatic heterocycles. The van der Waals surface area contributed by atoms with Crippen molar-refractivity contribution in [3.63, 3.8) is 0 Å². The van der Waals surface area contributed by atoms with Gasteiger partial charge in [-0.05, 0) is 42.3 Å². The molecule has 2 aliphatic rings. The summed E-state index contributed by atoms with van der Waals surface area (Å²) in [5.74, 6) is -0.898. The van der Waals surface area contributed by atoms with Crippen molar-refractivity contribution in [2.24, 2.45) is 0 Å². The Kier molecular flexibility index (Phi) is 5.49. The lowest BCUT2D eigenvalue weighted by Gasteiger charge is -2.29. The SMILES string of the molecule is COC(=O)C1=C(C)NC2=C(C(=O)c3ccccc32)[C@@H]1c1ccc(OCc2cccc(F)c2)cc1. The van der Waals surface area contributed by atoms with Gasteiger partial charge in [-0.1, -0.05) is 48.5 Å². The molecule has 0 amide bonds. The van der Waals surface area contributed by atoms with Crippen molar-refractivity contribution in [2.45, 2.75) is 19.4 Å². The molecule has 3 aromatic rings. The summed E-state index contributed by atoms with van der Waals surface area (Å²) in [7, 11) is 1.33. The molecule has 0 saturated heterocycles. The van der Waals surface area contributed by atoms with Crippen LogP contribution in [-0.4, -0.2) is 18.9 Å². The van der Waals surface area contributed by atoms with Gasteiger partial charge in [-0.3, -0.25) is 4.79 Å². The van der Waals surface area contributed by atoms with Crippen LogP contribution in [0.1, 0.15) is 39.9 Å². The zero-order valence-electron chi connectivity index (χ0n) is 18.7. The number of Topliss-reactive ketones (excluding diaryl/α,β-unsaturated/α-hetero) is 1. The summed E-state index contributed by atoms with van der Waals surface area (Å²) in [6, 6.07) is 20.9. The van der Waals surface area contributed by atoms with E-state index < -0.39 is 11.9 Å². The molecule has 1 N–H and O–H groups in total. The fourth-order valence-corrected chi connectivity index (χ4v) is 4.59. The second kappa shape index (κ2) is 8.63. The van der Waals surface area contributed by atoms with E-state index in [2.05, 4.69) is 5.32 Å². The minimum Gasteiger partial charge on any atom is -0.489 e. The van der Waals surface area contributed by atoms with Crippen LogP contribution < -0.4 is 10.1 Å². The number of fused-ring (bicyclic) bond motifs is 2. The molecule has 0 fully saturated rings. The highest BCUT2D eigenvalue weighted by atomic mass is 19.1. The number of rotatable bonds is 5. The molecule has 5 nitrogen and oxygen atoms in total. The van der Waals surface area contributed by atoms with Gasteiger partial charge in [-0.2, -0.15) is 0 Å². The molecule has 170 valence electrons. The van der Waals surface area contributed by atoms with Gasteiger partial charge in [0, 0.05) is 28.3 Å². The Morgan fingerprint density at radius 2 is 1.74 bits per heavy atom. The van der Waals surface area contributed by atoms with Crippen molar-refractivity contribution in [3.05, 3.63) is 118 Å². The highest BCUT2D eigenvalue weighted by molar-refractivity contribution is 6.23. The van der Waals surface area contributed by atoms with Crippen LogP contribution in [0.15, 0.2) is 89.6 Å².